The summed E-state index contributed by atoms with van der Waals surface area (Å²) in [5.74, 6) is 0.0747. The number of nitrogens with two attached hydrogens (primary N) is 1. The first-order chi connectivity index (χ1) is 9.63. The maximum Gasteiger partial charge on any atom is 0.239 e. The monoisotopic (exact) mass is 295 g/mol. The Balaban J connectivity index is 1.93. The molecule has 0 spiro atoms. The number of hydrogen-bond acceptors (Lipinski definition) is 3. The Morgan fingerprint density at radius 2 is 1.95 bits per heavy atom. The summed E-state index contributed by atoms with van der Waals surface area (Å²) in [5.41, 5.74) is 6.94. The van der Waals surface area contributed by atoms with Crippen LogP contribution in [0.15, 0.2) is 24.3 Å². The second-order valence-electron chi connectivity index (χ2n) is 5.16. The van der Waals surface area contributed by atoms with Crippen molar-refractivity contribution in [1.82, 2.24) is 4.90 Å². The van der Waals surface area contributed by atoms with Crippen LogP contribution in [0.1, 0.15) is 19.8 Å². The van der Waals surface area contributed by atoms with Gasteiger partial charge >= 0.3 is 0 Å². The molecular formula is C15H22ClN3O. The van der Waals surface area contributed by atoms with Gasteiger partial charge in [0.1, 0.15) is 0 Å². The van der Waals surface area contributed by atoms with Crippen molar-refractivity contribution in [3.63, 3.8) is 0 Å². The molecule has 0 aromatic heterocycles. The number of benzene rings is 1. The molecule has 1 fully saturated rings. The van der Waals surface area contributed by atoms with E-state index in [1.165, 1.54) is 0 Å². The van der Waals surface area contributed by atoms with Gasteiger partial charge in [-0.25, -0.2) is 0 Å². The fraction of sp³-hybridized carbons (Fsp3) is 0.533. The predicted octanol–water partition coefficient (Wildman–Crippen LogP) is 2.12. The average Bonchev–Trinajstić information content (AvgIpc) is 2.47. The van der Waals surface area contributed by atoms with Gasteiger partial charge in [-0.05, 0) is 18.6 Å². The smallest absolute Gasteiger partial charge is 0.239 e. The van der Waals surface area contributed by atoms with Crippen LogP contribution in [0, 0.1) is 0 Å². The van der Waals surface area contributed by atoms with Gasteiger partial charge in [0.2, 0.25) is 5.91 Å². The Kier molecular flexibility index (Phi) is 5.26. The molecule has 1 aliphatic heterocycles. The number of anilines is 1. The number of rotatable bonds is 4. The van der Waals surface area contributed by atoms with Crippen LogP contribution in [-0.2, 0) is 4.79 Å². The van der Waals surface area contributed by atoms with E-state index in [0.29, 0.717) is 13.1 Å². The lowest BCUT2D eigenvalue weighted by atomic mass is 10.1. The maximum atomic E-state index is 12.2. The van der Waals surface area contributed by atoms with Crippen molar-refractivity contribution >= 4 is 23.2 Å². The number of carbonyl (C=O) groups excluding carboxylic acids is 1. The van der Waals surface area contributed by atoms with Gasteiger partial charge in [0, 0.05) is 26.2 Å². The van der Waals surface area contributed by atoms with Crippen molar-refractivity contribution in [3.8, 4) is 0 Å². The highest BCUT2D eigenvalue weighted by molar-refractivity contribution is 6.33. The number of carbonyl (C=O) groups is 1. The number of amides is 1. The van der Waals surface area contributed by atoms with Crippen LogP contribution in [0.2, 0.25) is 5.02 Å². The molecule has 110 valence electrons. The van der Waals surface area contributed by atoms with E-state index in [1.807, 2.05) is 36.1 Å². The van der Waals surface area contributed by atoms with Gasteiger partial charge in [0.25, 0.3) is 0 Å². The Hall–Kier alpha value is -1.26. The summed E-state index contributed by atoms with van der Waals surface area (Å²) in [6.07, 6.45) is 1.69. The zero-order valence-electron chi connectivity index (χ0n) is 11.9. The van der Waals surface area contributed by atoms with E-state index < -0.39 is 0 Å². The van der Waals surface area contributed by atoms with Crippen molar-refractivity contribution in [1.29, 1.82) is 0 Å². The highest BCUT2D eigenvalue weighted by atomic mass is 35.5. The molecule has 1 atom stereocenters. The molecule has 0 radical (unpaired) electrons. The summed E-state index contributed by atoms with van der Waals surface area (Å²) in [4.78, 5) is 16.2. The fourth-order valence-corrected chi connectivity index (χ4v) is 2.80. The van der Waals surface area contributed by atoms with Gasteiger partial charge in [0.05, 0.1) is 16.8 Å². The summed E-state index contributed by atoms with van der Waals surface area (Å²) < 4.78 is 0. The molecule has 4 nitrogen and oxygen atoms in total. The van der Waals surface area contributed by atoms with Crippen molar-refractivity contribution in [2.24, 2.45) is 5.73 Å². The molecule has 5 heteroatoms. The van der Waals surface area contributed by atoms with Crippen LogP contribution in [-0.4, -0.2) is 43.0 Å². The highest BCUT2D eigenvalue weighted by Gasteiger charge is 2.25. The number of nitrogens with zero attached hydrogens (tertiary/aromatic N) is 2. The minimum absolute atomic E-state index is 0.0747. The van der Waals surface area contributed by atoms with Gasteiger partial charge in [-0.15, -0.1) is 0 Å². The van der Waals surface area contributed by atoms with Gasteiger partial charge < -0.3 is 15.5 Å². The minimum Gasteiger partial charge on any atom is -0.367 e. The van der Waals surface area contributed by atoms with Crippen LogP contribution in [0.4, 0.5) is 5.69 Å². The number of para-hydroxylation sites is 1. The molecule has 1 heterocycles. The molecule has 0 aliphatic carbocycles. The Bertz CT molecular complexity index is 458. The van der Waals surface area contributed by atoms with Crippen molar-refractivity contribution in [2.75, 3.05) is 31.1 Å². The first-order valence-corrected chi connectivity index (χ1v) is 7.55. The van der Waals surface area contributed by atoms with E-state index in [0.717, 1.165) is 36.6 Å². The number of halogens is 1. The fourth-order valence-electron chi connectivity index (χ4n) is 2.54. The lowest BCUT2D eigenvalue weighted by Gasteiger charge is -2.37. The van der Waals surface area contributed by atoms with Gasteiger partial charge in [0.15, 0.2) is 0 Å². The topological polar surface area (TPSA) is 49.6 Å². The predicted molar refractivity (Wildman–Crippen MR) is 83.1 cm³/mol. The first kappa shape index (κ1) is 15.1. The van der Waals surface area contributed by atoms with Crippen LogP contribution in [0.25, 0.3) is 0 Å². The summed E-state index contributed by atoms with van der Waals surface area (Å²) in [7, 11) is 0. The molecule has 2 rings (SSSR count). The molecule has 0 bridgehead atoms. The largest absolute Gasteiger partial charge is 0.367 e. The van der Waals surface area contributed by atoms with Crippen LogP contribution in [0.5, 0.6) is 0 Å². The second kappa shape index (κ2) is 6.95. The van der Waals surface area contributed by atoms with E-state index in [4.69, 9.17) is 17.3 Å². The number of piperazine rings is 1. The minimum atomic E-state index is -0.355. The summed E-state index contributed by atoms with van der Waals surface area (Å²) in [6.45, 7) is 5.06. The molecule has 1 aliphatic rings. The van der Waals surface area contributed by atoms with Crippen LogP contribution < -0.4 is 10.6 Å². The lowest BCUT2D eigenvalue weighted by Crippen LogP contribution is -2.53. The molecule has 2 N–H and O–H groups in total. The second-order valence-corrected chi connectivity index (χ2v) is 5.57. The van der Waals surface area contributed by atoms with E-state index in [1.54, 1.807) is 0 Å². The van der Waals surface area contributed by atoms with Crippen molar-refractivity contribution in [3.05, 3.63) is 29.3 Å². The molecular weight excluding hydrogens is 274 g/mol. The Morgan fingerprint density at radius 1 is 1.30 bits per heavy atom. The molecule has 0 unspecified atom stereocenters. The van der Waals surface area contributed by atoms with Crippen LogP contribution >= 0.6 is 11.6 Å². The van der Waals surface area contributed by atoms with E-state index >= 15 is 0 Å². The first-order valence-electron chi connectivity index (χ1n) is 7.17. The van der Waals surface area contributed by atoms with Crippen LogP contribution in [0.3, 0.4) is 0 Å². The third kappa shape index (κ3) is 3.44. The van der Waals surface area contributed by atoms with Gasteiger partial charge in [-0.2, -0.15) is 0 Å². The molecule has 0 saturated carbocycles. The van der Waals surface area contributed by atoms with Gasteiger partial charge in [-0.3, -0.25) is 4.79 Å². The third-order valence-corrected chi connectivity index (χ3v) is 4.02. The molecule has 1 saturated heterocycles. The third-order valence-electron chi connectivity index (χ3n) is 3.70. The molecule has 1 amide bonds. The number of hydrogen-bond donors (Lipinski definition) is 1. The standard InChI is InChI=1S/C15H22ClN3O/c1-2-5-13(17)15(20)19-10-8-18(9-11-19)14-7-4-3-6-12(14)16/h3-4,6-7,13H,2,5,8-11,17H2,1H3/t13-/m0/s1. The quantitative estimate of drug-likeness (QED) is 0.925. The van der Waals surface area contributed by atoms with E-state index in [2.05, 4.69) is 4.90 Å². The normalized spacial score (nSPS) is 17.1. The lowest BCUT2D eigenvalue weighted by molar-refractivity contribution is -0.133. The summed E-state index contributed by atoms with van der Waals surface area (Å²) in [6, 6.07) is 7.46. The zero-order chi connectivity index (χ0) is 14.5. The Morgan fingerprint density at radius 3 is 2.55 bits per heavy atom. The van der Waals surface area contributed by atoms with Gasteiger partial charge in [-0.1, -0.05) is 37.1 Å². The maximum absolute atomic E-state index is 12.2. The highest BCUT2D eigenvalue weighted by Crippen LogP contribution is 2.26. The van der Waals surface area contributed by atoms with E-state index in [-0.39, 0.29) is 11.9 Å². The molecule has 1 aromatic rings. The van der Waals surface area contributed by atoms with E-state index in [9.17, 15) is 4.79 Å². The van der Waals surface area contributed by atoms with Crippen molar-refractivity contribution < 1.29 is 4.79 Å². The van der Waals surface area contributed by atoms with Crippen molar-refractivity contribution in [2.45, 2.75) is 25.8 Å². The zero-order valence-corrected chi connectivity index (χ0v) is 12.6. The molecule has 1 aromatic carbocycles. The molecule has 20 heavy (non-hydrogen) atoms. The average molecular weight is 296 g/mol. The Labute approximate surface area is 125 Å². The summed E-state index contributed by atoms with van der Waals surface area (Å²) >= 11 is 6.21. The SMILES string of the molecule is CCC[C@H](N)C(=O)N1CCN(c2ccccc2Cl)CC1. The summed E-state index contributed by atoms with van der Waals surface area (Å²) in [5, 5.41) is 0.759.